The van der Waals surface area contributed by atoms with E-state index in [-0.39, 0.29) is 36.9 Å². The molecule has 2 aliphatic rings. The van der Waals surface area contributed by atoms with Gasteiger partial charge in [-0.3, -0.25) is 9.59 Å². The molecule has 162 valence electrons. The first-order valence-electron chi connectivity index (χ1n) is 9.94. The predicted octanol–water partition coefficient (Wildman–Crippen LogP) is 1.86. The van der Waals surface area contributed by atoms with Crippen LogP contribution in [-0.4, -0.2) is 55.1 Å². The fourth-order valence-electron chi connectivity index (χ4n) is 3.41. The van der Waals surface area contributed by atoms with E-state index < -0.39 is 24.0 Å². The van der Waals surface area contributed by atoms with Gasteiger partial charge in [-0.05, 0) is 31.2 Å². The van der Waals surface area contributed by atoms with Gasteiger partial charge in [-0.15, -0.1) is 11.3 Å². The molecule has 1 aromatic heterocycles. The van der Waals surface area contributed by atoms with Crippen molar-refractivity contribution < 1.29 is 28.7 Å². The lowest BCUT2D eigenvalue weighted by atomic mass is 10.0. The van der Waals surface area contributed by atoms with Crippen LogP contribution >= 0.6 is 11.3 Å². The molecule has 0 aromatic carbocycles. The highest BCUT2D eigenvalue weighted by atomic mass is 32.1. The number of hydrogen-bond donors (Lipinski definition) is 2. The molecule has 2 aliphatic heterocycles. The van der Waals surface area contributed by atoms with Gasteiger partial charge in [0.25, 0.3) is 0 Å². The van der Waals surface area contributed by atoms with Crippen LogP contribution in [0.5, 0.6) is 0 Å². The predicted molar refractivity (Wildman–Crippen MR) is 108 cm³/mol. The lowest BCUT2D eigenvalue weighted by Crippen LogP contribution is -2.47. The maximum atomic E-state index is 12.6. The van der Waals surface area contributed by atoms with Crippen molar-refractivity contribution in [3.05, 3.63) is 33.7 Å². The van der Waals surface area contributed by atoms with E-state index in [1.54, 1.807) is 13.0 Å². The maximum absolute atomic E-state index is 12.6. The first-order valence-corrected chi connectivity index (χ1v) is 10.8. The van der Waals surface area contributed by atoms with E-state index in [2.05, 4.69) is 10.6 Å². The molecule has 0 aliphatic carbocycles. The van der Waals surface area contributed by atoms with Crippen molar-refractivity contribution >= 4 is 35.2 Å². The van der Waals surface area contributed by atoms with Crippen LogP contribution in [0.3, 0.4) is 0 Å². The Labute approximate surface area is 178 Å². The van der Waals surface area contributed by atoms with Crippen LogP contribution in [0.4, 0.5) is 4.79 Å². The molecule has 3 rings (SSSR count). The van der Waals surface area contributed by atoms with Gasteiger partial charge in [0.1, 0.15) is 13.2 Å². The molecule has 1 fully saturated rings. The van der Waals surface area contributed by atoms with Crippen molar-refractivity contribution in [3.63, 3.8) is 0 Å². The van der Waals surface area contributed by atoms with Crippen molar-refractivity contribution in [1.82, 2.24) is 15.5 Å². The highest BCUT2D eigenvalue weighted by Gasteiger charge is 2.34. The van der Waals surface area contributed by atoms with Gasteiger partial charge in [-0.1, -0.05) is 12.5 Å². The molecule has 0 spiro atoms. The van der Waals surface area contributed by atoms with Crippen LogP contribution in [0, 0.1) is 0 Å². The van der Waals surface area contributed by atoms with Crippen molar-refractivity contribution in [3.8, 4) is 0 Å². The second-order valence-electron chi connectivity index (χ2n) is 6.95. The van der Waals surface area contributed by atoms with Gasteiger partial charge in [0.15, 0.2) is 0 Å². The average Bonchev–Trinajstić information content (AvgIpc) is 3.18. The highest BCUT2D eigenvalue weighted by Crippen LogP contribution is 2.30. The number of nitrogens with zero attached hydrogens (tertiary/aromatic N) is 1. The first kappa shape index (κ1) is 21.8. The summed E-state index contributed by atoms with van der Waals surface area (Å²) >= 11 is 1.39. The lowest BCUT2D eigenvalue weighted by Gasteiger charge is -2.28. The standard InChI is InChI=1S/C20H25N3O6S/c1-2-28-19(26)17-13(21-20(27)22-18(17)14-7-6-10-30-14)12-29-16(25)11-23-9-5-3-4-8-15(23)24/h6-7,10,18H,2-5,8-9,11-12H2,1H3,(H2,21,22,27). The molecule has 9 nitrogen and oxygen atoms in total. The van der Waals surface area contributed by atoms with E-state index in [1.807, 2.05) is 11.4 Å². The second kappa shape index (κ2) is 10.2. The summed E-state index contributed by atoms with van der Waals surface area (Å²) in [4.78, 5) is 51.4. The van der Waals surface area contributed by atoms with Crippen molar-refractivity contribution in [2.75, 3.05) is 26.3 Å². The molecule has 0 saturated carbocycles. The van der Waals surface area contributed by atoms with E-state index >= 15 is 0 Å². The molecule has 3 heterocycles. The van der Waals surface area contributed by atoms with E-state index in [0.29, 0.717) is 13.0 Å². The molecular weight excluding hydrogens is 410 g/mol. The summed E-state index contributed by atoms with van der Waals surface area (Å²) in [6.45, 7) is 1.92. The normalized spacial score (nSPS) is 19.6. The SMILES string of the molecule is CCOC(=O)C1=C(COC(=O)CN2CCCCCC2=O)NC(=O)NC1c1cccs1. The summed E-state index contributed by atoms with van der Waals surface area (Å²) < 4.78 is 10.5. The molecule has 10 heteroatoms. The molecule has 1 aromatic rings. The molecule has 1 atom stereocenters. The fourth-order valence-corrected chi connectivity index (χ4v) is 4.19. The number of carbonyl (C=O) groups excluding carboxylic acids is 4. The number of rotatable bonds is 7. The molecule has 3 amide bonds. The monoisotopic (exact) mass is 435 g/mol. The van der Waals surface area contributed by atoms with Crippen LogP contribution in [0.1, 0.15) is 43.5 Å². The topological polar surface area (TPSA) is 114 Å². The quantitative estimate of drug-likeness (QED) is 0.632. The largest absolute Gasteiger partial charge is 0.463 e. The zero-order chi connectivity index (χ0) is 21.5. The number of thiophene rings is 1. The molecule has 0 radical (unpaired) electrons. The summed E-state index contributed by atoms with van der Waals surface area (Å²) in [5.41, 5.74) is 0.365. The maximum Gasteiger partial charge on any atom is 0.338 e. The van der Waals surface area contributed by atoms with Crippen molar-refractivity contribution in [2.45, 2.75) is 38.6 Å². The summed E-state index contributed by atoms with van der Waals surface area (Å²) in [6, 6.07) is 2.41. The molecular formula is C20H25N3O6S. The third-order valence-corrected chi connectivity index (χ3v) is 5.78. The number of nitrogens with one attached hydrogen (secondary N) is 2. The second-order valence-corrected chi connectivity index (χ2v) is 7.93. The number of ether oxygens (including phenoxy) is 2. The Morgan fingerprint density at radius 1 is 1.23 bits per heavy atom. The first-order chi connectivity index (χ1) is 14.5. The van der Waals surface area contributed by atoms with E-state index in [9.17, 15) is 19.2 Å². The average molecular weight is 436 g/mol. The zero-order valence-electron chi connectivity index (χ0n) is 16.8. The molecule has 0 bridgehead atoms. The number of urea groups is 1. The molecule has 1 saturated heterocycles. The number of carbonyl (C=O) groups is 4. The Hall–Kier alpha value is -2.88. The molecule has 30 heavy (non-hydrogen) atoms. The minimum Gasteiger partial charge on any atom is -0.463 e. The van der Waals surface area contributed by atoms with Gasteiger partial charge >= 0.3 is 18.0 Å². The van der Waals surface area contributed by atoms with Gasteiger partial charge in [0.2, 0.25) is 5.91 Å². The fraction of sp³-hybridized carbons (Fsp3) is 0.500. The number of esters is 2. The minimum absolute atomic E-state index is 0.0659. The minimum atomic E-state index is -0.696. The summed E-state index contributed by atoms with van der Waals surface area (Å²) in [6.07, 6.45) is 3.05. The van der Waals surface area contributed by atoms with Gasteiger partial charge in [0, 0.05) is 17.8 Å². The number of hydrogen-bond acceptors (Lipinski definition) is 7. The van der Waals surface area contributed by atoms with Crippen LogP contribution in [0.2, 0.25) is 0 Å². The van der Waals surface area contributed by atoms with Crippen LogP contribution in [-0.2, 0) is 23.9 Å². The Morgan fingerprint density at radius 3 is 2.80 bits per heavy atom. The van der Waals surface area contributed by atoms with Crippen molar-refractivity contribution in [1.29, 1.82) is 0 Å². The van der Waals surface area contributed by atoms with Crippen molar-refractivity contribution in [2.24, 2.45) is 0 Å². The Bertz CT molecular complexity index is 836. The summed E-state index contributed by atoms with van der Waals surface area (Å²) in [5.74, 6) is -1.26. The summed E-state index contributed by atoms with van der Waals surface area (Å²) in [7, 11) is 0. The van der Waals surface area contributed by atoms with Gasteiger partial charge in [-0.25, -0.2) is 9.59 Å². The van der Waals surface area contributed by atoms with Gasteiger partial charge < -0.3 is 25.0 Å². The third-order valence-electron chi connectivity index (χ3n) is 4.85. The molecule has 2 N–H and O–H groups in total. The van der Waals surface area contributed by atoms with E-state index in [4.69, 9.17) is 9.47 Å². The highest BCUT2D eigenvalue weighted by molar-refractivity contribution is 7.10. The van der Waals surface area contributed by atoms with Crippen LogP contribution in [0.25, 0.3) is 0 Å². The summed E-state index contributed by atoms with van der Waals surface area (Å²) in [5, 5.41) is 7.10. The number of likely N-dealkylation sites (tertiary alicyclic amines) is 1. The van der Waals surface area contributed by atoms with Gasteiger partial charge in [-0.2, -0.15) is 0 Å². The van der Waals surface area contributed by atoms with E-state index in [1.165, 1.54) is 16.2 Å². The van der Waals surface area contributed by atoms with Crippen LogP contribution in [0.15, 0.2) is 28.8 Å². The zero-order valence-corrected chi connectivity index (χ0v) is 17.6. The smallest absolute Gasteiger partial charge is 0.338 e. The Kier molecular flexibility index (Phi) is 7.45. The Balaban J connectivity index is 1.75. The lowest BCUT2D eigenvalue weighted by molar-refractivity contribution is -0.148. The van der Waals surface area contributed by atoms with Crippen LogP contribution < -0.4 is 10.6 Å². The third kappa shape index (κ3) is 5.38. The van der Waals surface area contributed by atoms with Gasteiger partial charge in [0.05, 0.1) is 23.9 Å². The molecule has 1 unspecified atom stereocenters. The Morgan fingerprint density at radius 2 is 2.07 bits per heavy atom. The van der Waals surface area contributed by atoms with E-state index in [0.717, 1.165) is 24.1 Å². The number of amides is 3.